The van der Waals surface area contributed by atoms with Gasteiger partial charge in [-0.1, -0.05) is 12.1 Å². The summed E-state index contributed by atoms with van der Waals surface area (Å²) in [6.45, 7) is 3.74. The highest BCUT2D eigenvalue weighted by atomic mass is 16.5. The van der Waals surface area contributed by atoms with Crippen molar-refractivity contribution in [3.8, 4) is 5.75 Å². The predicted molar refractivity (Wildman–Crippen MR) is 68.7 cm³/mol. The highest BCUT2D eigenvalue weighted by Crippen LogP contribution is 2.26. The molecule has 0 unspecified atom stereocenters. The maximum absolute atomic E-state index is 12.0. The van der Waals surface area contributed by atoms with Crippen molar-refractivity contribution >= 4 is 11.6 Å². The lowest BCUT2D eigenvalue weighted by atomic mass is 10.2. The summed E-state index contributed by atoms with van der Waals surface area (Å²) in [6.07, 6.45) is -0.483. The molecule has 18 heavy (non-hydrogen) atoms. The van der Waals surface area contributed by atoms with E-state index >= 15 is 0 Å². The maximum Gasteiger partial charge on any atom is 0.254 e. The molecule has 2 rings (SSSR count). The summed E-state index contributed by atoms with van der Waals surface area (Å²) in [5.41, 5.74) is 1.16. The minimum absolute atomic E-state index is 0.106. The zero-order chi connectivity index (χ0) is 13.1. The number of nitrogens with zero attached hydrogens (tertiary/aromatic N) is 1. The Balaban J connectivity index is 2.04. The van der Waals surface area contributed by atoms with Crippen LogP contribution in [0, 0.1) is 6.92 Å². The molecule has 5 heteroatoms. The van der Waals surface area contributed by atoms with E-state index in [0.717, 1.165) is 12.1 Å². The quantitative estimate of drug-likeness (QED) is 0.768. The average Bonchev–Trinajstić information content (AvgIpc) is 2.35. The van der Waals surface area contributed by atoms with Gasteiger partial charge in [-0.2, -0.15) is 0 Å². The fourth-order valence-electron chi connectivity index (χ4n) is 1.91. The van der Waals surface area contributed by atoms with Crippen LogP contribution in [0.1, 0.15) is 5.56 Å². The van der Waals surface area contributed by atoms with Gasteiger partial charge in [0.15, 0.2) is 0 Å². The van der Waals surface area contributed by atoms with Crippen LogP contribution in [0.15, 0.2) is 18.2 Å². The summed E-state index contributed by atoms with van der Waals surface area (Å²) in [7, 11) is 1.95. The highest BCUT2D eigenvalue weighted by Gasteiger charge is 2.25. The Morgan fingerprint density at radius 3 is 3.06 bits per heavy atom. The lowest BCUT2D eigenvalue weighted by molar-refractivity contribution is -0.132. The monoisotopic (exact) mass is 250 g/mol. The van der Waals surface area contributed by atoms with Crippen LogP contribution in [-0.2, 0) is 9.53 Å². The summed E-state index contributed by atoms with van der Waals surface area (Å²) in [4.78, 5) is 14.0. The summed E-state index contributed by atoms with van der Waals surface area (Å²) >= 11 is 0. The van der Waals surface area contributed by atoms with Gasteiger partial charge in [0, 0.05) is 13.1 Å². The number of morpholine rings is 1. The molecule has 1 amide bonds. The van der Waals surface area contributed by atoms with Crippen LogP contribution >= 0.6 is 0 Å². The van der Waals surface area contributed by atoms with Gasteiger partial charge in [-0.3, -0.25) is 4.79 Å². The zero-order valence-corrected chi connectivity index (χ0v) is 10.6. The van der Waals surface area contributed by atoms with Gasteiger partial charge in [0.25, 0.3) is 5.91 Å². The first-order valence-electron chi connectivity index (χ1n) is 5.97. The summed E-state index contributed by atoms with van der Waals surface area (Å²) < 4.78 is 5.42. The van der Waals surface area contributed by atoms with Gasteiger partial charge >= 0.3 is 0 Å². The number of benzene rings is 1. The number of aryl methyl sites for hydroxylation is 1. The molecule has 0 aromatic heterocycles. The second kappa shape index (κ2) is 5.37. The molecule has 0 bridgehead atoms. The molecule has 1 aliphatic rings. The van der Waals surface area contributed by atoms with Crippen LogP contribution in [0.5, 0.6) is 5.75 Å². The third-order valence-electron chi connectivity index (χ3n) is 3.06. The minimum Gasteiger partial charge on any atom is -0.505 e. The second-order valence-corrected chi connectivity index (χ2v) is 4.58. The number of amides is 1. The van der Waals surface area contributed by atoms with E-state index in [2.05, 4.69) is 5.32 Å². The van der Waals surface area contributed by atoms with Crippen molar-refractivity contribution in [3.05, 3.63) is 23.8 Å². The molecule has 2 N–H and O–H groups in total. The molecule has 1 aromatic rings. The predicted octanol–water partition coefficient (Wildman–Crippen LogP) is 0.970. The van der Waals surface area contributed by atoms with E-state index in [9.17, 15) is 9.90 Å². The molecule has 0 spiro atoms. The van der Waals surface area contributed by atoms with E-state index in [1.54, 1.807) is 25.1 Å². The molecule has 1 atom stereocenters. The van der Waals surface area contributed by atoms with Gasteiger partial charge < -0.3 is 20.1 Å². The molecule has 0 radical (unpaired) electrons. The van der Waals surface area contributed by atoms with Crippen molar-refractivity contribution in [1.29, 1.82) is 0 Å². The van der Waals surface area contributed by atoms with Crippen molar-refractivity contribution in [2.24, 2.45) is 0 Å². The van der Waals surface area contributed by atoms with Gasteiger partial charge in [0.1, 0.15) is 11.9 Å². The molecule has 1 saturated heterocycles. The number of carbonyl (C=O) groups is 1. The van der Waals surface area contributed by atoms with E-state index in [0.29, 0.717) is 18.8 Å². The zero-order valence-electron chi connectivity index (χ0n) is 10.6. The molecular weight excluding hydrogens is 232 g/mol. The van der Waals surface area contributed by atoms with Crippen LogP contribution in [-0.4, -0.2) is 48.8 Å². The fraction of sp³-hybridized carbons (Fsp3) is 0.462. The number of nitrogens with one attached hydrogen (secondary N) is 1. The molecule has 5 nitrogen and oxygen atoms in total. The van der Waals surface area contributed by atoms with E-state index in [-0.39, 0.29) is 11.7 Å². The van der Waals surface area contributed by atoms with Gasteiger partial charge in [-0.25, -0.2) is 0 Å². The Labute approximate surface area is 106 Å². The van der Waals surface area contributed by atoms with Crippen molar-refractivity contribution in [1.82, 2.24) is 4.90 Å². The Morgan fingerprint density at radius 2 is 2.33 bits per heavy atom. The number of carbonyl (C=O) groups excluding carboxylic acids is 1. The molecule has 1 fully saturated rings. The van der Waals surface area contributed by atoms with Crippen molar-refractivity contribution < 1.29 is 14.6 Å². The number of aromatic hydroxyl groups is 1. The largest absolute Gasteiger partial charge is 0.505 e. The van der Waals surface area contributed by atoms with Crippen LogP contribution < -0.4 is 5.32 Å². The van der Waals surface area contributed by atoms with Crippen LogP contribution in [0.2, 0.25) is 0 Å². The smallest absolute Gasteiger partial charge is 0.254 e. The Hall–Kier alpha value is -1.59. The number of ether oxygens (including phenoxy) is 1. The number of phenols is 1. The van der Waals surface area contributed by atoms with Gasteiger partial charge in [0.2, 0.25) is 0 Å². The Morgan fingerprint density at radius 1 is 1.56 bits per heavy atom. The summed E-state index contributed by atoms with van der Waals surface area (Å²) in [5, 5.41) is 12.5. The lowest BCUT2D eigenvalue weighted by Gasteiger charge is -2.29. The van der Waals surface area contributed by atoms with Crippen LogP contribution in [0.3, 0.4) is 0 Å². The first-order chi connectivity index (χ1) is 8.58. The number of para-hydroxylation sites is 1. The number of likely N-dealkylation sites (N-methyl/N-ethyl adjacent to an activating group) is 1. The number of hydrogen-bond acceptors (Lipinski definition) is 4. The molecular formula is C13H18N2O3. The molecule has 0 saturated carbocycles. The maximum atomic E-state index is 12.0. The Kier molecular flexibility index (Phi) is 3.84. The van der Waals surface area contributed by atoms with Gasteiger partial charge in [-0.15, -0.1) is 0 Å². The minimum atomic E-state index is -0.483. The van der Waals surface area contributed by atoms with Crippen LogP contribution in [0.25, 0.3) is 0 Å². The second-order valence-electron chi connectivity index (χ2n) is 4.58. The third kappa shape index (κ3) is 2.80. The van der Waals surface area contributed by atoms with E-state index in [4.69, 9.17) is 4.74 Å². The number of hydrogen-bond donors (Lipinski definition) is 2. The first-order valence-corrected chi connectivity index (χ1v) is 5.97. The molecule has 1 heterocycles. The van der Waals surface area contributed by atoms with Gasteiger partial charge in [0.05, 0.1) is 12.3 Å². The summed E-state index contributed by atoms with van der Waals surface area (Å²) in [5.74, 6) is -0.113. The number of phenolic OH excluding ortho intramolecular Hbond substituents is 1. The number of anilines is 1. The third-order valence-corrected chi connectivity index (χ3v) is 3.06. The normalized spacial score (nSPS) is 20.7. The van der Waals surface area contributed by atoms with Crippen molar-refractivity contribution in [3.63, 3.8) is 0 Å². The lowest BCUT2D eigenvalue weighted by Crippen LogP contribution is -2.46. The molecule has 1 aromatic carbocycles. The molecule has 98 valence electrons. The molecule has 1 aliphatic heterocycles. The fourth-order valence-corrected chi connectivity index (χ4v) is 1.91. The first kappa shape index (κ1) is 12.9. The standard InChI is InChI=1S/C13H18N2O3/c1-9-4-3-5-10(12(9)16)14-13(17)11-8-15(2)6-7-18-11/h3-5,11,16H,6-8H2,1-2H3,(H,14,17)/t11-/m0/s1. The highest BCUT2D eigenvalue weighted by molar-refractivity contribution is 5.95. The summed E-state index contributed by atoms with van der Waals surface area (Å²) in [6, 6.07) is 5.25. The van der Waals surface area contributed by atoms with Crippen molar-refractivity contribution in [2.45, 2.75) is 13.0 Å². The van der Waals surface area contributed by atoms with Gasteiger partial charge in [-0.05, 0) is 25.6 Å². The topological polar surface area (TPSA) is 61.8 Å². The SMILES string of the molecule is Cc1cccc(NC(=O)[C@@H]2CN(C)CCO2)c1O. The average molecular weight is 250 g/mol. The van der Waals surface area contributed by atoms with E-state index in [1.165, 1.54) is 0 Å². The van der Waals surface area contributed by atoms with Crippen molar-refractivity contribution in [2.75, 3.05) is 32.1 Å². The number of rotatable bonds is 2. The van der Waals surface area contributed by atoms with E-state index in [1.807, 2.05) is 11.9 Å². The Bertz CT molecular complexity index is 448. The van der Waals surface area contributed by atoms with E-state index < -0.39 is 6.10 Å². The van der Waals surface area contributed by atoms with Crippen LogP contribution in [0.4, 0.5) is 5.69 Å². The molecule has 0 aliphatic carbocycles.